The zero-order valence-electron chi connectivity index (χ0n) is 17.0. The number of guanidine groups is 1. The normalized spacial score (nSPS) is 15.7. The molecule has 5 nitrogen and oxygen atoms in total. The second-order valence-electron chi connectivity index (χ2n) is 7.16. The lowest BCUT2D eigenvalue weighted by Gasteiger charge is -2.27. The molecule has 1 saturated heterocycles. The van der Waals surface area contributed by atoms with Crippen LogP contribution in [0.3, 0.4) is 0 Å². The summed E-state index contributed by atoms with van der Waals surface area (Å²) in [6, 6.07) is 13.0. The standard InChI is InChI=1S/C22H28N4OS2.HI/c1-2-12-26(11-1)20(21-8-5-15-29-21)17-25-22(24-16-19-7-4-14-28-19)23-10-9-18-6-3-13-27-18;/h3-8,13-15,20H,1-2,9-12,16-17H2,(H2,23,24,25);1H. The van der Waals surface area contributed by atoms with Gasteiger partial charge < -0.3 is 15.1 Å². The van der Waals surface area contributed by atoms with Crippen LogP contribution < -0.4 is 10.6 Å². The first-order valence-electron chi connectivity index (χ1n) is 10.2. The van der Waals surface area contributed by atoms with Crippen molar-refractivity contribution >= 4 is 52.6 Å². The number of nitrogens with zero attached hydrogens (tertiary/aromatic N) is 2. The number of aliphatic imine (C=N–C) groups is 1. The number of halogens is 1. The lowest BCUT2D eigenvalue weighted by atomic mass is 10.2. The predicted molar refractivity (Wildman–Crippen MR) is 137 cm³/mol. The topological polar surface area (TPSA) is 52.8 Å². The van der Waals surface area contributed by atoms with Crippen LogP contribution in [0, 0.1) is 0 Å². The SMILES string of the molecule is I.c1coc(CCNC(=NCc2cccs2)NCC(c2cccs2)N2CCCC2)c1. The Morgan fingerprint density at radius 2 is 1.90 bits per heavy atom. The summed E-state index contributed by atoms with van der Waals surface area (Å²) in [5.74, 6) is 1.86. The highest BCUT2D eigenvalue weighted by Crippen LogP contribution is 2.27. The van der Waals surface area contributed by atoms with Crippen molar-refractivity contribution in [3.8, 4) is 0 Å². The average molecular weight is 557 g/mol. The molecule has 0 amide bonds. The fourth-order valence-corrected chi connectivity index (χ4v) is 5.12. The van der Waals surface area contributed by atoms with Gasteiger partial charge >= 0.3 is 0 Å². The Kier molecular flexibility index (Phi) is 9.70. The van der Waals surface area contributed by atoms with E-state index in [4.69, 9.17) is 9.41 Å². The van der Waals surface area contributed by atoms with Crippen LogP contribution in [-0.2, 0) is 13.0 Å². The van der Waals surface area contributed by atoms with Crippen molar-refractivity contribution < 1.29 is 4.42 Å². The summed E-state index contributed by atoms with van der Waals surface area (Å²) in [7, 11) is 0. The fraction of sp³-hybridized carbons (Fsp3) is 0.409. The van der Waals surface area contributed by atoms with Crippen molar-refractivity contribution in [2.45, 2.75) is 31.8 Å². The lowest BCUT2D eigenvalue weighted by Crippen LogP contribution is -2.43. The van der Waals surface area contributed by atoms with Gasteiger partial charge in [-0.25, -0.2) is 4.99 Å². The molecule has 1 atom stereocenters. The maximum Gasteiger partial charge on any atom is 0.191 e. The number of thiophene rings is 2. The van der Waals surface area contributed by atoms with Crippen LogP contribution >= 0.6 is 46.7 Å². The Hall–Kier alpha value is -1.36. The van der Waals surface area contributed by atoms with Crippen LogP contribution in [0.2, 0.25) is 0 Å². The van der Waals surface area contributed by atoms with E-state index in [0.717, 1.165) is 31.2 Å². The van der Waals surface area contributed by atoms with E-state index in [1.165, 1.54) is 35.7 Å². The quantitative estimate of drug-likeness (QED) is 0.218. The molecule has 0 aromatic carbocycles. The third-order valence-corrected chi connectivity index (χ3v) is 6.97. The Labute approximate surface area is 203 Å². The van der Waals surface area contributed by atoms with E-state index >= 15 is 0 Å². The number of likely N-dealkylation sites (tertiary alicyclic amines) is 1. The first-order chi connectivity index (χ1) is 14.4. The molecule has 3 aromatic heterocycles. The smallest absolute Gasteiger partial charge is 0.191 e. The molecule has 8 heteroatoms. The molecule has 0 radical (unpaired) electrons. The number of hydrogen-bond donors (Lipinski definition) is 2. The summed E-state index contributed by atoms with van der Waals surface area (Å²) in [6.45, 7) is 4.70. The largest absolute Gasteiger partial charge is 0.469 e. The summed E-state index contributed by atoms with van der Waals surface area (Å²) < 4.78 is 5.44. The summed E-state index contributed by atoms with van der Waals surface area (Å²) in [6.07, 6.45) is 5.15. The lowest BCUT2D eigenvalue weighted by molar-refractivity contribution is 0.249. The van der Waals surface area contributed by atoms with Gasteiger partial charge in [-0.15, -0.1) is 46.7 Å². The second kappa shape index (κ2) is 12.5. The maximum atomic E-state index is 5.44. The van der Waals surface area contributed by atoms with E-state index in [-0.39, 0.29) is 24.0 Å². The molecule has 3 aromatic rings. The number of hydrogen-bond acceptors (Lipinski definition) is 5. The molecule has 0 spiro atoms. The van der Waals surface area contributed by atoms with E-state index in [0.29, 0.717) is 12.6 Å². The molecule has 162 valence electrons. The summed E-state index contributed by atoms with van der Waals surface area (Å²) in [5, 5.41) is 11.4. The van der Waals surface area contributed by atoms with E-state index < -0.39 is 0 Å². The molecule has 1 aliphatic rings. The van der Waals surface area contributed by atoms with Gasteiger partial charge in [0.25, 0.3) is 0 Å². The fourth-order valence-electron chi connectivity index (χ4n) is 3.63. The Morgan fingerprint density at radius 1 is 1.07 bits per heavy atom. The summed E-state index contributed by atoms with van der Waals surface area (Å²) in [5.41, 5.74) is 0. The molecule has 1 unspecified atom stereocenters. The van der Waals surface area contributed by atoms with Gasteiger partial charge in [0, 0.05) is 29.3 Å². The first kappa shape index (κ1) is 23.3. The van der Waals surface area contributed by atoms with Crippen LogP contribution in [-0.4, -0.2) is 37.0 Å². The zero-order chi connectivity index (χ0) is 19.7. The van der Waals surface area contributed by atoms with Crippen LogP contribution in [0.1, 0.15) is 34.4 Å². The Morgan fingerprint density at radius 3 is 2.60 bits per heavy atom. The highest BCUT2D eigenvalue weighted by molar-refractivity contribution is 14.0. The van der Waals surface area contributed by atoms with Gasteiger partial charge in [-0.2, -0.15) is 0 Å². The van der Waals surface area contributed by atoms with Crippen LogP contribution in [0.15, 0.2) is 62.8 Å². The highest BCUT2D eigenvalue weighted by atomic mass is 127. The van der Waals surface area contributed by atoms with Gasteiger partial charge in [-0.3, -0.25) is 4.90 Å². The van der Waals surface area contributed by atoms with E-state index in [1.54, 1.807) is 17.6 Å². The van der Waals surface area contributed by atoms with Gasteiger partial charge in [0.1, 0.15) is 5.76 Å². The minimum Gasteiger partial charge on any atom is -0.469 e. The predicted octanol–water partition coefficient (Wildman–Crippen LogP) is 5.14. The van der Waals surface area contributed by atoms with Crippen molar-refractivity contribution in [2.75, 3.05) is 26.2 Å². The molecule has 1 aliphatic heterocycles. The second-order valence-corrected chi connectivity index (χ2v) is 9.17. The van der Waals surface area contributed by atoms with Crippen LogP contribution in [0.5, 0.6) is 0 Å². The van der Waals surface area contributed by atoms with Gasteiger partial charge in [-0.1, -0.05) is 12.1 Å². The van der Waals surface area contributed by atoms with Crippen LogP contribution in [0.4, 0.5) is 0 Å². The maximum absolute atomic E-state index is 5.44. The van der Waals surface area contributed by atoms with Crippen LogP contribution in [0.25, 0.3) is 0 Å². The molecule has 1 fully saturated rings. The van der Waals surface area contributed by atoms with E-state index in [9.17, 15) is 0 Å². The van der Waals surface area contributed by atoms with Gasteiger partial charge in [0.2, 0.25) is 0 Å². The third-order valence-electron chi connectivity index (χ3n) is 5.13. The Bertz CT molecular complexity index is 844. The van der Waals surface area contributed by atoms with Crippen molar-refractivity contribution in [1.82, 2.24) is 15.5 Å². The number of rotatable bonds is 9. The average Bonchev–Trinajstić information content (AvgIpc) is 3.55. The third kappa shape index (κ3) is 6.83. The zero-order valence-corrected chi connectivity index (χ0v) is 20.9. The minimum absolute atomic E-state index is 0. The molecule has 0 saturated carbocycles. The Balaban J connectivity index is 0.00000256. The molecule has 4 heterocycles. The van der Waals surface area contributed by atoms with E-state index in [2.05, 4.69) is 50.6 Å². The van der Waals surface area contributed by atoms with Gasteiger partial charge in [-0.05, 0) is 61.0 Å². The highest BCUT2D eigenvalue weighted by Gasteiger charge is 2.24. The molecule has 0 aliphatic carbocycles. The first-order valence-corrected chi connectivity index (χ1v) is 12.0. The van der Waals surface area contributed by atoms with Crippen molar-refractivity contribution in [3.63, 3.8) is 0 Å². The van der Waals surface area contributed by atoms with Crippen molar-refractivity contribution in [2.24, 2.45) is 4.99 Å². The van der Waals surface area contributed by atoms with Crippen molar-refractivity contribution in [3.05, 3.63) is 68.9 Å². The minimum atomic E-state index is 0. The molecule has 4 rings (SSSR count). The monoisotopic (exact) mass is 556 g/mol. The molecular formula is C22H29IN4OS2. The summed E-state index contributed by atoms with van der Waals surface area (Å²) >= 11 is 3.59. The van der Waals surface area contributed by atoms with Crippen molar-refractivity contribution in [1.29, 1.82) is 0 Å². The molecule has 0 bridgehead atoms. The van der Waals surface area contributed by atoms with Gasteiger partial charge in [0.15, 0.2) is 5.96 Å². The molecular weight excluding hydrogens is 527 g/mol. The summed E-state index contributed by atoms with van der Waals surface area (Å²) in [4.78, 5) is 10.1. The molecule has 2 N–H and O–H groups in total. The van der Waals surface area contributed by atoms with E-state index in [1.807, 2.05) is 23.5 Å². The van der Waals surface area contributed by atoms with Gasteiger partial charge in [0.05, 0.1) is 18.8 Å². The number of nitrogens with one attached hydrogen (secondary N) is 2. The molecule has 30 heavy (non-hydrogen) atoms. The number of furan rings is 1.